The fraction of sp³-hybridized carbons (Fsp3) is 0.500. The fourth-order valence-electron chi connectivity index (χ4n) is 2.06. The maximum atomic E-state index is 5.93. The average Bonchev–Trinajstić information content (AvgIpc) is 2.75. The second-order valence-corrected chi connectivity index (χ2v) is 5.44. The molecular weight excluding hydrogens is 254 g/mol. The molecule has 2 aliphatic rings. The molecule has 0 amide bonds. The molecule has 1 heterocycles. The van der Waals surface area contributed by atoms with Crippen molar-refractivity contribution < 1.29 is 4.74 Å². The van der Waals surface area contributed by atoms with Crippen LogP contribution in [0.25, 0.3) is 0 Å². The zero-order chi connectivity index (χ0) is 10.4. The van der Waals surface area contributed by atoms with Crippen LogP contribution in [0.2, 0.25) is 0 Å². The van der Waals surface area contributed by atoms with Crippen LogP contribution in [0.4, 0.5) is 5.69 Å². The molecule has 0 bridgehead atoms. The quantitative estimate of drug-likeness (QED) is 0.889. The molecule has 1 aromatic rings. The summed E-state index contributed by atoms with van der Waals surface area (Å²) in [5.41, 5.74) is 2.57. The van der Waals surface area contributed by atoms with E-state index >= 15 is 0 Å². The van der Waals surface area contributed by atoms with Crippen LogP contribution in [-0.2, 0) is 11.2 Å². The Morgan fingerprint density at radius 2 is 2.27 bits per heavy atom. The maximum absolute atomic E-state index is 5.93. The Morgan fingerprint density at radius 1 is 1.47 bits per heavy atom. The van der Waals surface area contributed by atoms with Gasteiger partial charge in [0, 0.05) is 16.6 Å². The van der Waals surface area contributed by atoms with E-state index in [9.17, 15) is 0 Å². The Balaban J connectivity index is 1.69. The standard InChI is InChI=1S/C12H14BrNO/c1-7-4-11(7)15-12-5-8-2-3-9(13)6-10(8)14-12/h2-3,6-7,11-12,14H,4-5H2,1H3/t7?,11-,12?/m0/s1. The second kappa shape index (κ2) is 3.49. The number of nitrogens with one attached hydrogen (secondary N) is 1. The third-order valence-electron chi connectivity index (χ3n) is 3.17. The molecule has 3 heteroatoms. The van der Waals surface area contributed by atoms with Crippen LogP contribution >= 0.6 is 15.9 Å². The van der Waals surface area contributed by atoms with Gasteiger partial charge in [0.2, 0.25) is 0 Å². The maximum Gasteiger partial charge on any atom is 0.132 e. The van der Waals surface area contributed by atoms with E-state index < -0.39 is 0 Å². The lowest BCUT2D eigenvalue weighted by molar-refractivity contribution is 0.0560. The minimum atomic E-state index is 0.184. The average molecular weight is 268 g/mol. The van der Waals surface area contributed by atoms with Gasteiger partial charge in [0.25, 0.3) is 0 Å². The zero-order valence-corrected chi connectivity index (χ0v) is 10.3. The molecule has 1 fully saturated rings. The SMILES string of the molecule is CC1C[C@@H]1OC1Cc2ccc(Br)cc2N1. The third-order valence-corrected chi connectivity index (χ3v) is 3.66. The van der Waals surface area contributed by atoms with E-state index in [4.69, 9.17) is 4.74 Å². The number of rotatable bonds is 2. The van der Waals surface area contributed by atoms with Crippen LogP contribution in [0, 0.1) is 5.92 Å². The van der Waals surface area contributed by atoms with Gasteiger partial charge in [-0.1, -0.05) is 28.9 Å². The summed E-state index contributed by atoms with van der Waals surface area (Å²) in [7, 11) is 0. The van der Waals surface area contributed by atoms with Gasteiger partial charge in [0.15, 0.2) is 0 Å². The van der Waals surface area contributed by atoms with Gasteiger partial charge in [0.1, 0.15) is 6.23 Å². The molecule has 1 N–H and O–H groups in total. The normalized spacial score (nSPS) is 32.3. The Bertz CT molecular complexity index is 393. The molecule has 0 radical (unpaired) electrons. The van der Waals surface area contributed by atoms with E-state index in [2.05, 4.69) is 46.4 Å². The van der Waals surface area contributed by atoms with E-state index in [1.54, 1.807) is 0 Å². The van der Waals surface area contributed by atoms with Crippen molar-refractivity contribution >= 4 is 21.6 Å². The summed E-state index contributed by atoms with van der Waals surface area (Å²) in [6.07, 6.45) is 2.88. The molecular formula is C12H14BrNO. The molecule has 0 spiro atoms. The van der Waals surface area contributed by atoms with Gasteiger partial charge in [-0.15, -0.1) is 0 Å². The van der Waals surface area contributed by atoms with Crippen molar-refractivity contribution in [3.63, 3.8) is 0 Å². The van der Waals surface area contributed by atoms with Gasteiger partial charge in [0.05, 0.1) is 6.10 Å². The van der Waals surface area contributed by atoms with Crippen molar-refractivity contribution in [2.75, 3.05) is 5.32 Å². The van der Waals surface area contributed by atoms with Crippen LogP contribution in [-0.4, -0.2) is 12.3 Å². The van der Waals surface area contributed by atoms with Crippen LogP contribution in [0.15, 0.2) is 22.7 Å². The van der Waals surface area contributed by atoms with E-state index in [0.717, 1.165) is 16.8 Å². The third kappa shape index (κ3) is 1.91. The summed E-state index contributed by atoms with van der Waals surface area (Å²) in [5.74, 6) is 0.752. The Morgan fingerprint density at radius 3 is 3.00 bits per heavy atom. The van der Waals surface area contributed by atoms with E-state index in [-0.39, 0.29) is 6.23 Å². The van der Waals surface area contributed by atoms with Gasteiger partial charge in [-0.3, -0.25) is 0 Å². The lowest BCUT2D eigenvalue weighted by atomic mass is 10.2. The first-order chi connectivity index (χ1) is 7.22. The summed E-state index contributed by atoms with van der Waals surface area (Å²) in [6, 6.07) is 6.36. The smallest absolute Gasteiger partial charge is 0.132 e. The van der Waals surface area contributed by atoms with E-state index in [1.807, 2.05) is 0 Å². The van der Waals surface area contributed by atoms with Gasteiger partial charge in [-0.25, -0.2) is 0 Å². The van der Waals surface area contributed by atoms with Gasteiger partial charge < -0.3 is 10.1 Å². The zero-order valence-electron chi connectivity index (χ0n) is 8.66. The van der Waals surface area contributed by atoms with Crippen LogP contribution in [0.5, 0.6) is 0 Å². The second-order valence-electron chi connectivity index (χ2n) is 4.53. The molecule has 1 aliphatic heterocycles. The van der Waals surface area contributed by atoms with Crippen molar-refractivity contribution in [1.29, 1.82) is 0 Å². The topological polar surface area (TPSA) is 21.3 Å². The largest absolute Gasteiger partial charge is 0.360 e. The van der Waals surface area contributed by atoms with Crippen molar-refractivity contribution in [3.8, 4) is 0 Å². The summed E-state index contributed by atoms with van der Waals surface area (Å²) in [5, 5.41) is 3.41. The number of anilines is 1. The number of benzene rings is 1. The summed E-state index contributed by atoms with van der Waals surface area (Å²) in [4.78, 5) is 0. The first-order valence-electron chi connectivity index (χ1n) is 5.43. The molecule has 3 rings (SSSR count). The molecule has 3 atom stereocenters. The number of fused-ring (bicyclic) bond motifs is 1. The molecule has 80 valence electrons. The van der Waals surface area contributed by atoms with Gasteiger partial charge in [-0.05, 0) is 30.0 Å². The number of ether oxygens (including phenoxy) is 1. The fourth-order valence-corrected chi connectivity index (χ4v) is 2.42. The highest BCUT2D eigenvalue weighted by atomic mass is 79.9. The molecule has 0 aromatic heterocycles. The lowest BCUT2D eigenvalue weighted by Gasteiger charge is -2.12. The predicted molar refractivity (Wildman–Crippen MR) is 63.9 cm³/mol. The number of halogens is 1. The van der Waals surface area contributed by atoms with E-state index in [1.165, 1.54) is 17.7 Å². The van der Waals surface area contributed by atoms with Crippen molar-refractivity contribution in [3.05, 3.63) is 28.2 Å². The molecule has 1 aromatic carbocycles. The Hall–Kier alpha value is -0.540. The molecule has 15 heavy (non-hydrogen) atoms. The summed E-state index contributed by atoms with van der Waals surface area (Å²) >= 11 is 3.48. The molecule has 1 saturated carbocycles. The predicted octanol–water partition coefficient (Wildman–Crippen LogP) is 3.17. The lowest BCUT2D eigenvalue weighted by Crippen LogP contribution is -2.21. The van der Waals surface area contributed by atoms with Gasteiger partial charge >= 0.3 is 0 Å². The van der Waals surface area contributed by atoms with Crippen molar-refractivity contribution in [2.45, 2.75) is 32.1 Å². The first kappa shape index (κ1) is 9.67. The number of hydrogen-bond donors (Lipinski definition) is 1. The highest BCUT2D eigenvalue weighted by molar-refractivity contribution is 9.10. The molecule has 1 aliphatic carbocycles. The number of hydrogen-bond acceptors (Lipinski definition) is 2. The molecule has 0 saturated heterocycles. The van der Waals surface area contributed by atoms with Crippen molar-refractivity contribution in [2.24, 2.45) is 5.92 Å². The highest BCUT2D eigenvalue weighted by Crippen LogP contribution is 2.37. The van der Waals surface area contributed by atoms with Gasteiger partial charge in [-0.2, -0.15) is 0 Å². The minimum Gasteiger partial charge on any atom is -0.360 e. The van der Waals surface area contributed by atoms with Crippen molar-refractivity contribution in [1.82, 2.24) is 0 Å². The highest BCUT2D eigenvalue weighted by Gasteiger charge is 2.37. The Kier molecular flexibility index (Phi) is 2.25. The van der Waals surface area contributed by atoms with Crippen LogP contribution in [0.3, 0.4) is 0 Å². The van der Waals surface area contributed by atoms with Crippen LogP contribution in [0.1, 0.15) is 18.9 Å². The summed E-state index contributed by atoms with van der Waals surface area (Å²) in [6.45, 7) is 2.24. The first-order valence-corrected chi connectivity index (χ1v) is 6.22. The Labute approximate surface area is 98.1 Å². The summed E-state index contributed by atoms with van der Waals surface area (Å²) < 4.78 is 7.05. The molecule has 2 nitrogen and oxygen atoms in total. The molecule has 2 unspecified atom stereocenters. The van der Waals surface area contributed by atoms with E-state index in [0.29, 0.717) is 6.10 Å². The van der Waals surface area contributed by atoms with Crippen LogP contribution < -0.4 is 5.32 Å². The minimum absolute atomic E-state index is 0.184. The monoisotopic (exact) mass is 267 g/mol.